The topological polar surface area (TPSA) is 19.6 Å². The van der Waals surface area contributed by atoms with Crippen molar-refractivity contribution in [2.75, 3.05) is 9.80 Å². The number of rotatable bonds is 7. The van der Waals surface area contributed by atoms with Gasteiger partial charge in [0, 0.05) is 50.2 Å². The van der Waals surface area contributed by atoms with Gasteiger partial charge in [-0.3, -0.25) is 0 Å². The van der Waals surface area contributed by atoms with Crippen LogP contribution in [0.15, 0.2) is 247 Å². The van der Waals surface area contributed by atoms with Gasteiger partial charge in [-0.05, 0) is 112 Å². The Bertz CT molecular complexity index is 3430. The first-order valence-corrected chi connectivity index (χ1v) is 21.5. The molecule has 2 heterocycles. The largest absolute Gasteiger partial charge is 0.455 e. The second-order valence-corrected chi connectivity index (χ2v) is 16.1. The predicted octanol–water partition coefficient (Wildman–Crippen LogP) is 17.2. The summed E-state index contributed by atoms with van der Waals surface area (Å²) in [5, 5.41) is 2.26. The highest BCUT2D eigenvalue weighted by Gasteiger charge is 2.26. The molecule has 3 nitrogen and oxygen atoms in total. The molecule has 11 aromatic rings. The number of benzene rings is 10. The third kappa shape index (κ3) is 6.38. The van der Waals surface area contributed by atoms with Gasteiger partial charge in [0.2, 0.25) is 0 Å². The smallest absolute Gasteiger partial charge is 0.143 e. The zero-order valence-corrected chi connectivity index (χ0v) is 34.4. The Labute approximate surface area is 367 Å². The van der Waals surface area contributed by atoms with E-state index < -0.39 is 0 Å². The minimum Gasteiger partial charge on any atom is -0.455 e. The summed E-state index contributed by atoms with van der Waals surface area (Å²) < 4.78 is 6.43. The van der Waals surface area contributed by atoms with Crippen LogP contribution in [0.5, 0.6) is 0 Å². The van der Waals surface area contributed by atoms with E-state index in [9.17, 15) is 0 Å². The fraction of sp³-hybridized carbons (Fsp3) is 0. The monoisotopic (exact) mass is 804 g/mol. The molecule has 0 unspecified atom stereocenters. The van der Waals surface area contributed by atoms with Gasteiger partial charge in [0.25, 0.3) is 0 Å². The van der Waals surface area contributed by atoms with Crippen LogP contribution >= 0.6 is 0 Å². The fourth-order valence-electron chi connectivity index (χ4n) is 9.41. The molecule has 0 spiro atoms. The van der Waals surface area contributed by atoms with Gasteiger partial charge in [0.1, 0.15) is 11.2 Å². The lowest BCUT2D eigenvalue weighted by Gasteiger charge is -2.27. The van der Waals surface area contributed by atoms with Gasteiger partial charge >= 0.3 is 0 Å². The summed E-state index contributed by atoms with van der Waals surface area (Å²) in [7, 11) is 0. The van der Waals surface area contributed by atoms with E-state index in [0.717, 1.165) is 72.6 Å². The summed E-state index contributed by atoms with van der Waals surface area (Å²) in [6.07, 6.45) is 0. The molecule has 1 aromatic heterocycles. The zero-order chi connectivity index (χ0) is 41.7. The number of para-hydroxylation sites is 4. The van der Waals surface area contributed by atoms with Gasteiger partial charge in [-0.15, -0.1) is 0 Å². The number of fused-ring (bicyclic) bond motifs is 8. The highest BCUT2D eigenvalue weighted by molar-refractivity contribution is 6.09. The van der Waals surface area contributed by atoms with Gasteiger partial charge in [0.15, 0.2) is 0 Å². The van der Waals surface area contributed by atoms with Gasteiger partial charge in [0.05, 0.1) is 11.4 Å². The van der Waals surface area contributed by atoms with Crippen LogP contribution in [0.1, 0.15) is 0 Å². The molecule has 0 fully saturated rings. The lowest BCUT2D eigenvalue weighted by atomic mass is 9.92. The molecule has 0 N–H and O–H groups in total. The van der Waals surface area contributed by atoms with Crippen LogP contribution in [-0.4, -0.2) is 0 Å². The fourth-order valence-corrected chi connectivity index (χ4v) is 9.41. The molecule has 0 radical (unpaired) electrons. The van der Waals surface area contributed by atoms with Crippen molar-refractivity contribution in [2.45, 2.75) is 0 Å². The van der Waals surface area contributed by atoms with Crippen LogP contribution in [-0.2, 0) is 0 Å². The Morgan fingerprint density at radius 2 is 0.778 bits per heavy atom. The van der Waals surface area contributed by atoms with Crippen molar-refractivity contribution in [2.24, 2.45) is 0 Å². The summed E-state index contributed by atoms with van der Waals surface area (Å²) >= 11 is 0. The maximum atomic E-state index is 6.43. The molecule has 0 saturated heterocycles. The molecule has 1 aliphatic rings. The molecule has 0 aliphatic carbocycles. The van der Waals surface area contributed by atoms with Gasteiger partial charge < -0.3 is 14.2 Å². The molecule has 10 aromatic carbocycles. The summed E-state index contributed by atoms with van der Waals surface area (Å²) in [6.45, 7) is 0. The molecule has 296 valence electrons. The van der Waals surface area contributed by atoms with Crippen LogP contribution < -0.4 is 9.80 Å². The third-order valence-corrected chi connectivity index (χ3v) is 12.4. The van der Waals surface area contributed by atoms with Gasteiger partial charge in [-0.1, -0.05) is 170 Å². The maximum absolute atomic E-state index is 6.43. The number of hydrogen-bond acceptors (Lipinski definition) is 3. The summed E-state index contributed by atoms with van der Waals surface area (Å²) in [5.74, 6) is 0. The molecular formula is C60H40N2O. The van der Waals surface area contributed by atoms with Crippen molar-refractivity contribution in [1.82, 2.24) is 0 Å². The quantitative estimate of drug-likeness (QED) is 0.160. The minimum absolute atomic E-state index is 0.903. The highest BCUT2D eigenvalue weighted by atomic mass is 16.3. The summed E-state index contributed by atoms with van der Waals surface area (Å²) in [4.78, 5) is 4.74. The summed E-state index contributed by atoms with van der Waals surface area (Å²) in [6, 6.07) is 87.1. The standard InChI is InChI=1S/C60H40N2O/c1-3-14-41(15-4-1)42-26-33-47(34-27-42)61(49-37-30-44(31-38-49)50-22-13-23-55-54-21-10-12-25-59(54)63-60(50)55)48-35-28-43(29-36-48)45-32-39-58-56(40-45)52-19-8-7-18-51(52)53-20-9-11-24-57(53)62(58)46-16-5-2-6-17-46/h1-40H. The highest BCUT2D eigenvalue weighted by Crippen LogP contribution is 2.51. The van der Waals surface area contributed by atoms with E-state index in [1.54, 1.807) is 0 Å². The number of anilines is 6. The minimum atomic E-state index is 0.903. The molecule has 12 rings (SSSR count). The van der Waals surface area contributed by atoms with E-state index >= 15 is 0 Å². The third-order valence-electron chi connectivity index (χ3n) is 12.4. The van der Waals surface area contributed by atoms with E-state index in [0.29, 0.717) is 0 Å². The van der Waals surface area contributed by atoms with E-state index in [1.807, 2.05) is 12.1 Å². The van der Waals surface area contributed by atoms with Crippen LogP contribution in [0.2, 0.25) is 0 Å². The maximum Gasteiger partial charge on any atom is 0.143 e. The van der Waals surface area contributed by atoms with Gasteiger partial charge in [-0.25, -0.2) is 0 Å². The lowest BCUT2D eigenvalue weighted by Crippen LogP contribution is -2.10. The second kappa shape index (κ2) is 15.3. The van der Waals surface area contributed by atoms with Crippen LogP contribution in [0.25, 0.3) is 77.6 Å². The molecular weight excluding hydrogens is 765 g/mol. The molecule has 0 bridgehead atoms. The van der Waals surface area contributed by atoms with Crippen LogP contribution in [0.4, 0.5) is 34.1 Å². The average molecular weight is 805 g/mol. The molecule has 1 aliphatic heterocycles. The predicted molar refractivity (Wildman–Crippen MR) is 264 cm³/mol. The normalized spacial score (nSPS) is 11.8. The van der Waals surface area contributed by atoms with Crippen molar-refractivity contribution in [3.05, 3.63) is 243 Å². The molecule has 0 amide bonds. The van der Waals surface area contributed by atoms with Gasteiger partial charge in [-0.2, -0.15) is 0 Å². The van der Waals surface area contributed by atoms with Crippen molar-refractivity contribution in [1.29, 1.82) is 0 Å². The van der Waals surface area contributed by atoms with Crippen molar-refractivity contribution in [3.8, 4) is 55.6 Å². The number of furan rings is 1. The molecule has 3 heteroatoms. The van der Waals surface area contributed by atoms with Crippen molar-refractivity contribution >= 4 is 56.1 Å². The Morgan fingerprint density at radius 1 is 0.302 bits per heavy atom. The number of hydrogen-bond donors (Lipinski definition) is 0. The summed E-state index contributed by atoms with van der Waals surface area (Å²) in [5.41, 5.74) is 20.3. The first-order chi connectivity index (χ1) is 31.2. The first kappa shape index (κ1) is 36.5. The van der Waals surface area contributed by atoms with E-state index in [1.165, 1.54) is 39.1 Å². The Hall–Kier alpha value is -8.40. The van der Waals surface area contributed by atoms with Crippen molar-refractivity contribution in [3.63, 3.8) is 0 Å². The zero-order valence-electron chi connectivity index (χ0n) is 34.4. The number of nitrogens with zero attached hydrogens (tertiary/aromatic N) is 2. The van der Waals surface area contributed by atoms with Crippen molar-refractivity contribution < 1.29 is 4.42 Å². The van der Waals surface area contributed by atoms with E-state index in [-0.39, 0.29) is 0 Å². The second-order valence-electron chi connectivity index (χ2n) is 16.1. The SMILES string of the molecule is c1ccc(-c2ccc(N(c3ccc(-c4ccc5c(c4)-c4ccccc4-c4ccccc4N5c4ccccc4)cc3)c3ccc(-c4cccc5c4oc4ccccc45)cc3)cc2)cc1. The molecule has 63 heavy (non-hydrogen) atoms. The molecule has 0 atom stereocenters. The lowest BCUT2D eigenvalue weighted by molar-refractivity contribution is 0.670. The van der Waals surface area contributed by atoms with E-state index in [2.05, 4.69) is 240 Å². The molecule has 0 saturated carbocycles. The Kier molecular flexibility index (Phi) is 8.83. The Morgan fingerprint density at radius 3 is 1.48 bits per heavy atom. The Balaban J connectivity index is 0.941. The first-order valence-electron chi connectivity index (χ1n) is 21.5. The average Bonchev–Trinajstić information content (AvgIpc) is 3.69. The van der Waals surface area contributed by atoms with E-state index in [4.69, 9.17) is 4.42 Å². The van der Waals surface area contributed by atoms with Crippen LogP contribution in [0.3, 0.4) is 0 Å². The van der Waals surface area contributed by atoms with Crippen LogP contribution in [0, 0.1) is 0 Å².